The molecule has 1 amide bonds. The Balaban J connectivity index is 1.69. The Morgan fingerprint density at radius 2 is 1.80 bits per heavy atom. The fourth-order valence-corrected chi connectivity index (χ4v) is 3.50. The first kappa shape index (κ1) is 17.9. The van der Waals surface area contributed by atoms with Gasteiger partial charge in [0.2, 0.25) is 5.95 Å². The molecule has 6 N–H and O–H groups in total. The van der Waals surface area contributed by atoms with Crippen LogP contribution in [0.3, 0.4) is 0 Å². The minimum Gasteiger partial charge on any atom is -0.381 e. The highest BCUT2D eigenvalue weighted by Gasteiger charge is 2.23. The number of amides is 1. The number of anilines is 2. The van der Waals surface area contributed by atoms with Gasteiger partial charge >= 0.3 is 0 Å². The predicted molar refractivity (Wildman–Crippen MR) is 96.4 cm³/mol. The van der Waals surface area contributed by atoms with E-state index in [1.54, 1.807) is 0 Å². The highest BCUT2D eigenvalue weighted by atomic mass is 16.5. The molecule has 8 heteroatoms. The molecule has 8 nitrogen and oxygen atoms in total. The van der Waals surface area contributed by atoms with Gasteiger partial charge in [-0.05, 0) is 51.0 Å². The lowest BCUT2D eigenvalue weighted by Gasteiger charge is -2.29. The summed E-state index contributed by atoms with van der Waals surface area (Å²) < 4.78 is 5.37. The van der Waals surface area contributed by atoms with Crippen molar-refractivity contribution in [2.45, 2.75) is 50.6 Å². The molecule has 2 heterocycles. The van der Waals surface area contributed by atoms with Gasteiger partial charge in [0.05, 0.1) is 5.56 Å². The number of nitrogens with one attached hydrogen (secondary N) is 2. The molecule has 2 aliphatic rings. The molecule has 0 spiro atoms. The quantitative estimate of drug-likeness (QED) is 0.606. The van der Waals surface area contributed by atoms with Crippen molar-refractivity contribution < 1.29 is 9.53 Å². The zero-order chi connectivity index (χ0) is 17.6. The topological polar surface area (TPSA) is 128 Å². The third kappa shape index (κ3) is 4.79. The number of carbonyl (C=O) groups excluding carboxylic acids is 1. The van der Waals surface area contributed by atoms with Gasteiger partial charge < -0.3 is 26.8 Å². The number of rotatable bonds is 6. The highest BCUT2D eigenvalue weighted by molar-refractivity contribution is 5.97. The first-order chi connectivity index (χ1) is 12.2. The number of ether oxygens (including phenoxy) is 1. The van der Waals surface area contributed by atoms with Gasteiger partial charge in [0, 0.05) is 31.5 Å². The average molecular weight is 348 g/mol. The number of nitrogens with two attached hydrogens (primary N) is 2. The van der Waals surface area contributed by atoms with E-state index in [2.05, 4.69) is 20.6 Å². The fourth-order valence-electron chi connectivity index (χ4n) is 3.50. The van der Waals surface area contributed by atoms with E-state index in [1.807, 2.05) is 0 Å². The van der Waals surface area contributed by atoms with Gasteiger partial charge in [-0.3, -0.25) is 4.79 Å². The third-order valence-electron chi connectivity index (χ3n) is 5.13. The molecule has 1 aliphatic heterocycles. The van der Waals surface area contributed by atoms with Crippen LogP contribution in [0.2, 0.25) is 0 Å². The smallest absolute Gasteiger partial charge is 0.254 e. The van der Waals surface area contributed by atoms with Crippen LogP contribution in [0.1, 0.15) is 48.9 Å². The van der Waals surface area contributed by atoms with Crippen molar-refractivity contribution >= 4 is 17.7 Å². The van der Waals surface area contributed by atoms with Gasteiger partial charge in [-0.1, -0.05) is 0 Å². The largest absolute Gasteiger partial charge is 0.381 e. The molecule has 138 valence electrons. The van der Waals surface area contributed by atoms with E-state index >= 15 is 0 Å². The van der Waals surface area contributed by atoms with Crippen LogP contribution in [0.4, 0.5) is 11.8 Å². The van der Waals surface area contributed by atoms with Crippen LogP contribution < -0.4 is 22.1 Å². The predicted octanol–water partition coefficient (Wildman–Crippen LogP) is 1.10. The van der Waals surface area contributed by atoms with Crippen molar-refractivity contribution in [3.05, 3.63) is 11.8 Å². The minimum absolute atomic E-state index is 0.284. The molecule has 3 rings (SSSR count). The van der Waals surface area contributed by atoms with Gasteiger partial charge in [-0.2, -0.15) is 4.98 Å². The maximum absolute atomic E-state index is 11.7. The van der Waals surface area contributed by atoms with Gasteiger partial charge in [0.1, 0.15) is 5.82 Å². The summed E-state index contributed by atoms with van der Waals surface area (Å²) in [4.78, 5) is 20.5. The number of aromatic nitrogens is 2. The van der Waals surface area contributed by atoms with E-state index in [0.717, 1.165) is 58.3 Å². The van der Waals surface area contributed by atoms with Gasteiger partial charge in [0.15, 0.2) is 0 Å². The van der Waals surface area contributed by atoms with Gasteiger partial charge in [0.25, 0.3) is 5.91 Å². The van der Waals surface area contributed by atoms with Gasteiger partial charge in [-0.15, -0.1) is 0 Å². The first-order valence-electron chi connectivity index (χ1n) is 9.13. The lowest BCUT2D eigenvalue weighted by molar-refractivity contribution is 0.0903. The Bertz CT molecular complexity index is 583. The Kier molecular flexibility index (Phi) is 6.04. The second-order valence-corrected chi connectivity index (χ2v) is 6.95. The number of primary amides is 1. The molecule has 1 aromatic heterocycles. The first-order valence-corrected chi connectivity index (χ1v) is 9.13. The molecule has 0 aromatic carbocycles. The molecule has 1 saturated carbocycles. The summed E-state index contributed by atoms with van der Waals surface area (Å²) in [7, 11) is 0. The fraction of sp³-hybridized carbons (Fsp3) is 0.706. The van der Waals surface area contributed by atoms with Crippen molar-refractivity contribution in [1.29, 1.82) is 0 Å². The van der Waals surface area contributed by atoms with Crippen LogP contribution in [0.5, 0.6) is 0 Å². The van der Waals surface area contributed by atoms with E-state index in [-0.39, 0.29) is 6.04 Å². The summed E-state index contributed by atoms with van der Waals surface area (Å²) in [5, 5.41) is 6.73. The molecule has 0 radical (unpaired) electrons. The number of hydrogen-bond acceptors (Lipinski definition) is 7. The molecule has 0 atom stereocenters. The number of hydrogen-bond donors (Lipinski definition) is 4. The van der Waals surface area contributed by atoms with Crippen molar-refractivity contribution in [2.24, 2.45) is 17.4 Å². The van der Waals surface area contributed by atoms with Crippen LogP contribution in [-0.2, 0) is 4.74 Å². The summed E-state index contributed by atoms with van der Waals surface area (Å²) in [6.07, 6.45) is 7.58. The van der Waals surface area contributed by atoms with Crippen LogP contribution in [0.25, 0.3) is 0 Å². The second-order valence-electron chi connectivity index (χ2n) is 6.95. The molecule has 1 aliphatic carbocycles. The van der Waals surface area contributed by atoms with Crippen LogP contribution >= 0.6 is 0 Å². The molecule has 2 fully saturated rings. The van der Waals surface area contributed by atoms with Gasteiger partial charge in [-0.25, -0.2) is 4.98 Å². The summed E-state index contributed by atoms with van der Waals surface area (Å²) in [6.45, 7) is 2.23. The van der Waals surface area contributed by atoms with Crippen molar-refractivity contribution in [1.82, 2.24) is 9.97 Å². The molecule has 0 bridgehead atoms. The summed E-state index contributed by atoms with van der Waals surface area (Å²) in [5.74, 6) is 1.13. The molecule has 25 heavy (non-hydrogen) atoms. The monoisotopic (exact) mass is 348 g/mol. The minimum atomic E-state index is -0.518. The van der Waals surface area contributed by atoms with Crippen LogP contribution in [0, 0.1) is 5.92 Å². The van der Waals surface area contributed by atoms with E-state index in [0.29, 0.717) is 29.3 Å². The summed E-state index contributed by atoms with van der Waals surface area (Å²) in [6, 6.07) is 0.577. The average Bonchev–Trinajstić information content (AvgIpc) is 2.63. The highest BCUT2D eigenvalue weighted by Crippen LogP contribution is 2.26. The molecule has 1 aromatic rings. The van der Waals surface area contributed by atoms with E-state index in [1.165, 1.54) is 6.20 Å². The van der Waals surface area contributed by atoms with Crippen molar-refractivity contribution in [3.8, 4) is 0 Å². The van der Waals surface area contributed by atoms with E-state index in [9.17, 15) is 4.79 Å². The lowest BCUT2D eigenvalue weighted by Crippen LogP contribution is -2.31. The molecular formula is C17H28N6O2. The van der Waals surface area contributed by atoms with Crippen molar-refractivity contribution in [2.75, 3.05) is 30.4 Å². The second kappa shape index (κ2) is 8.44. The number of carbonyl (C=O) groups is 1. The SMILES string of the molecule is NC[C@H]1CC[C@@H](Nc2nc(NC3CCOCC3)ncc2C(N)=O)CC1. The third-order valence-corrected chi connectivity index (χ3v) is 5.13. The maximum atomic E-state index is 11.7. The van der Waals surface area contributed by atoms with E-state index in [4.69, 9.17) is 16.2 Å². The zero-order valence-electron chi connectivity index (χ0n) is 14.5. The van der Waals surface area contributed by atoms with Crippen molar-refractivity contribution in [3.63, 3.8) is 0 Å². The van der Waals surface area contributed by atoms with E-state index < -0.39 is 5.91 Å². The lowest BCUT2D eigenvalue weighted by atomic mass is 9.86. The summed E-state index contributed by atoms with van der Waals surface area (Å²) in [5.41, 5.74) is 11.6. The standard InChI is InChI=1S/C17H28N6O2/c18-9-11-1-3-12(4-2-11)21-16-14(15(19)24)10-20-17(23-16)22-13-5-7-25-8-6-13/h10-13H,1-9,18H2,(H2,19,24)(H2,20,21,22,23)/t11-,12+. The maximum Gasteiger partial charge on any atom is 0.254 e. The zero-order valence-corrected chi connectivity index (χ0v) is 14.5. The normalized spacial score (nSPS) is 24.7. The summed E-state index contributed by atoms with van der Waals surface area (Å²) >= 11 is 0. The number of nitrogens with zero attached hydrogens (tertiary/aromatic N) is 2. The Hall–Kier alpha value is -1.93. The Labute approximate surface area is 148 Å². The van der Waals surface area contributed by atoms with Crippen LogP contribution in [-0.4, -0.2) is 47.7 Å². The Morgan fingerprint density at radius 3 is 2.44 bits per heavy atom. The van der Waals surface area contributed by atoms with Crippen LogP contribution in [0.15, 0.2) is 6.20 Å². The molecule has 0 unspecified atom stereocenters. The Morgan fingerprint density at radius 1 is 1.12 bits per heavy atom. The molecule has 1 saturated heterocycles. The molecular weight excluding hydrogens is 320 g/mol.